The van der Waals surface area contributed by atoms with E-state index in [0.29, 0.717) is 30.5 Å². The van der Waals surface area contributed by atoms with Crippen molar-refractivity contribution in [2.75, 3.05) is 6.54 Å². The number of benzene rings is 1. The number of hydrogen-bond donors (Lipinski definition) is 2. The normalized spacial score (nSPS) is 11.3. The maximum atomic E-state index is 11.9. The van der Waals surface area contributed by atoms with Crippen molar-refractivity contribution in [1.29, 1.82) is 5.26 Å². The molecule has 0 saturated carbocycles. The predicted molar refractivity (Wildman–Crippen MR) is 93.6 cm³/mol. The van der Waals surface area contributed by atoms with Crippen molar-refractivity contribution >= 4 is 23.2 Å². The third-order valence-electron chi connectivity index (χ3n) is 3.57. The van der Waals surface area contributed by atoms with E-state index >= 15 is 0 Å². The first-order chi connectivity index (χ1) is 11.6. The minimum absolute atomic E-state index is 0.0587. The number of nitrogens with zero attached hydrogens (tertiary/aromatic N) is 1. The van der Waals surface area contributed by atoms with Crippen molar-refractivity contribution in [3.8, 4) is 6.07 Å². The molecule has 24 heavy (non-hydrogen) atoms. The first-order valence-electron chi connectivity index (χ1n) is 7.70. The van der Waals surface area contributed by atoms with E-state index in [-0.39, 0.29) is 17.9 Å². The van der Waals surface area contributed by atoms with Gasteiger partial charge >= 0.3 is 0 Å². The molecule has 0 fully saturated rings. The van der Waals surface area contributed by atoms with Gasteiger partial charge in [0.05, 0.1) is 17.7 Å². The van der Waals surface area contributed by atoms with Crippen molar-refractivity contribution in [2.45, 2.75) is 25.8 Å². The number of carbonyl (C=O) groups is 2. The lowest BCUT2D eigenvalue weighted by atomic mass is 10.1. The van der Waals surface area contributed by atoms with Gasteiger partial charge in [0.2, 0.25) is 5.91 Å². The summed E-state index contributed by atoms with van der Waals surface area (Å²) in [6, 6.07) is 10.9. The largest absolute Gasteiger partial charge is 0.352 e. The molecule has 1 aromatic carbocycles. The molecular formula is C18H19N3O2S. The highest BCUT2D eigenvalue weighted by molar-refractivity contribution is 7.08. The summed E-state index contributed by atoms with van der Waals surface area (Å²) < 4.78 is 0. The number of nitrogens with one attached hydrogen (secondary N) is 2. The highest BCUT2D eigenvalue weighted by Crippen LogP contribution is 2.13. The van der Waals surface area contributed by atoms with Crippen LogP contribution in [0.1, 0.15) is 47.3 Å². The Kier molecular flexibility index (Phi) is 6.52. The van der Waals surface area contributed by atoms with Crippen molar-refractivity contribution in [1.82, 2.24) is 10.6 Å². The molecule has 124 valence electrons. The van der Waals surface area contributed by atoms with Crippen LogP contribution in [-0.2, 0) is 4.79 Å². The monoisotopic (exact) mass is 341 g/mol. The molecule has 2 rings (SSSR count). The highest BCUT2D eigenvalue weighted by Gasteiger charge is 2.10. The lowest BCUT2D eigenvalue weighted by molar-refractivity contribution is -0.121. The Morgan fingerprint density at radius 2 is 2.00 bits per heavy atom. The maximum Gasteiger partial charge on any atom is 0.252 e. The van der Waals surface area contributed by atoms with Crippen LogP contribution in [0, 0.1) is 11.3 Å². The smallest absolute Gasteiger partial charge is 0.252 e. The first-order valence-corrected chi connectivity index (χ1v) is 8.64. The molecule has 0 spiro atoms. The van der Waals surface area contributed by atoms with E-state index in [0.717, 1.165) is 5.56 Å². The SMILES string of the molecule is CC(NC(=O)CCCNC(=O)c1ccsc1)c1ccc(C#N)cc1. The average Bonchev–Trinajstić information content (AvgIpc) is 3.13. The number of amides is 2. The number of hydrogen-bond acceptors (Lipinski definition) is 4. The van der Waals surface area contributed by atoms with Gasteiger partial charge in [-0.25, -0.2) is 0 Å². The summed E-state index contributed by atoms with van der Waals surface area (Å²) in [6.45, 7) is 2.37. The van der Waals surface area contributed by atoms with Crippen molar-refractivity contribution < 1.29 is 9.59 Å². The molecule has 1 aromatic heterocycles. The van der Waals surface area contributed by atoms with Gasteiger partial charge in [0.25, 0.3) is 5.91 Å². The van der Waals surface area contributed by atoms with Gasteiger partial charge in [-0.1, -0.05) is 12.1 Å². The molecule has 0 radical (unpaired) electrons. The van der Waals surface area contributed by atoms with E-state index in [1.54, 1.807) is 23.6 Å². The highest BCUT2D eigenvalue weighted by atomic mass is 32.1. The molecule has 2 N–H and O–H groups in total. The summed E-state index contributed by atoms with van der Waals surface area (Å²) >= 11 is 1.48. The zero-order valence-corrected chi connectivity index (χ0v) is 14.2. The molecule has 6 heteroatoms. The van der Waals surface area contributed by atoms with Crippen LogP contribution in [0.2, 0.25) is 0 Å². The van der Waals surface area contributed by atoms with Gasteiger partial charge in [-0.2, -0.15) is 16.6 Å². The summed E-state index contributed by atoms with van der Waals surface area (Å²) in [5.74, 6) is -0.167. The van der Waals surface area contributed by atoms with Crippen molar-refractivity contribution in [3.05, 3.63) is 57.8 Å². The lowest BCUT2D eigenvalue weighted by Crippen LogP contribution is -2.28. The van der Waals surface area contributed by atoms with Crippen molar-refractivity contribution in [2.24, 2.45) is 0 Å². The van der Waals surface area contributed by atoms with Crippen LogP contribution in [0.15, 0.2) is 41.1 Å². The lowest BCUT2D eigenvalue weighted by Gasteiger charge is -2.14. The molecular weight excluding hydrogens is 322 g/mol. The van der Waals surface area contributed by atoms with Gasteiger partial charge in [0.1, 0.15) is 0 Å². The van der Waals surface area contributed by atoms with Crippen LogP contribution in [0.25, 0.3) is 0 Å². The van der Waals surface area contributed by atoms with E-state index in [4.69, 9.17) is 5.26 Å². The van der Waals surface area contributed by atoms with Gasteiger partial charge < -0.3 is 10.6 Å². The molecule has 0 saturated heterocycles. The number of carbonyl (C=O) groups excluding carboxylic acids is 2. The number of thiophene rings is 1. The summed E-state index contributed by atoms with van der Waals surface area (Å²) in [5.41, 5.74) is 2.20. The Morgan fingerprint density at radius 1 is 1.25 bits per heavy atom. The fourth-order valence-corrected chi connectivity index (χ4v) is 2.83. The second-order valence-corrected chi connectivity index (χ2v) is 6.17. The summed E-state index contributed by atoms with van der Waals surface area (Å²) in [5, 5.41) is 18.1. The van der Waals surface area contributed by atoms with Crippen LogP contribution in [0.3, 0.4) is 0 Å². The molecule has 2 amide bonds. The Hall–Kier alpha value is -2.65. The topological polar surface area (TPSA) is 82.0 Å². The summed E-state index contributed by atoms with van der Waals surface area (Å²) in [4.78, 5) is 23.7. The summed E-state index contributed by atoms with van der Waals surface area (Å²) in [6.07, 6.45) is 0.937. The van der Waals surface area contributed by atoms with Gasteiger partial charge in [-0.05, 0) is 42.5 Å². The van der Waals surface area contributed by atoms with Crippen LogP contribution in [-0.4, -0.2) is 18.4 Å². The van der Waals surface area contributed by atoms with Gasteiger partial charge in [0.15, 0.2) is 0 Å². The van der Waals surface area contributed by atoms with Crippen molar-refractivity contribution in [3.63, 3.8) is 0 Å². The zero-order valence-electron chi connectivity index (χ0n) is 13.4. The Morgan fingerprint density at radius 3 is 2.62 bits per heavy atom. The van der Waals surface area contributed by atoms with Crippen LogP contribution >= 0.6 is 11.3 Å². The van der Waals surface area contributed by atoms with Crippen LogP contribution in [0.4, 0.5) is 0 Å². The van der Waals surface area contributed by atoms with Crippen LogP contribution in [0.5, 0.6) is 0 Å². The fraction of sp³-hybridized carbons (Fsp3) is 0.278. The average molecular weight is 341 g/mol. The van der Waals surface area contributed by atoms with Gasteiger partial charge in [-0.3, -0.25) is 9.59 Å². The Labute approximate surface area is 145 Å². The molecule has 5 nitrogen and oxygen atoms in total. The van der Waals surface area contributed by atoms with E-state index in [1.165, 1.54) is 11.3 Å². The Bertz CT molecular complexity index is 718. The predicted octanol–water partition coefficient (Wildman–Crippen LogP) is 3.01. The standard InChI is InChI=1S/C18H19N3O2S/c1-13(15-6-4-14(11-19)5-7-15)21-17(22)3-2-9-20-18(23)16-8-10-24-12-16/h4-8,10,12-13H,2-3,9H2,1H3,(H,20,23)(H,21,22). The van der Waals surface area contributed by atoms with E-state index in [9.17, 15) is 9.59 Å². The number of nitriles is 1. The van der Waals surface area contributed by atoms with E-state index < -0.39 is 0 Å². The maximum absolute atomic E-state index is 11.9. The minimum atomic E-state index is -0.120. The molecule has 0 aliphatic heterocycles. The Balaban J connectivity index is 1.69. The van der Waals surface area contributed by atoms with Crippen LogP contribution < -0.4 is 10.6 Å². The summed E-state index contributed by atoms with van der Waals surface area (Å²) in [7, 11) is 0. The zero-order chi connectivity index (χ0) is 17.4. The quantitative estimate of drug-likeness (QED) is 0.760. The van der Waals surface area contributed by atoms with Gasteiger partial charge in [0, 0.05) is 23.9 Å². The van der Waals surface area contributed by atoms with Gasteiger partial charge in [-0.15, -0.1) is 0 Å². The second kappa shape index (κ2) is 8.85. The molecule has 1 atom stereocenters. The fourth-order valence-electron chi connectivity index (χ4n) is 2.19. The second-order valence-electron chi connectivity index (χ2n) is 5.39. The van der Waals surface area contributed by atoms with E-state index in [1.807, 2.05) is 24.4 Å². The molecule has 0 aliphatic carbocycles. The third-order valence-corrected chi connectivity index (χ3v) is 4.25. The third kappa shape index (κ3) is 5.21. The molecule has 1 unspecified atom stereocenters. The molecule has 2 aromatic rings. The minimum Gasteiger partial charge on any atom is -0.352 e. The molecule has 0 bridgehead atoms. The molecule has 1 heterocycles. The molecule has 0 aliphatic rings. The first kappa shape index (κ1) is 17.7. The number of rotatable bonds is 7. The van der Waals surface area contributed by atoms with E-state index in [2.05, 4.69) is 16.7 Å².